The van der Waals surface area contributed by atoms with Crippen LogP contribution in [0.15, 0.2) is 11.6 Å². The molecule has 4 atom stereocenters. The van der Waals surface area contributed by atoms with E-state index >= 15 is 0 Å². The summed E-state index contributed by atoms with van der Waals surface area (Å²) >= 11 is 0. The molecule has 1 aliphatic carbocycles. The number of methoxy groups -OCH3 is 1. The van der Waals surface area contributed by atoms with Gasteiger partial charge in [0.15, 0.2) is 5.78 Å². The van der Waals surface area contributed by atoms with Crippen LogP contribution in [0.2, 0.25) is 0 Å². The van der Waals surface area contributed by atoms with Crippen LogP contribution in [-0.2, 0) is 9.53 Å². The second-order valence-electron chi connectivity index (χ2n) is 6.51. The van der Waals surface area contributed by atoms with Gasteiger partial charge in [-0.25, -0.2) is 0 Å². The maximum absolute atomic E-state index is 12.1. The lowest BCUT2D eigenvalue weighted by atomic mass is 9.70. The van der Waals surface area contributed by atoms with E-state index in [1.165, 1.54) is 5.57 Å². The summed E-state index contributed by atoms with van der Waals surface area (Å²) in [6.45, 7) is 8.32. The van der Waals surface area contributed by atoms with E-state index in [0.717, 1.165) is 19.3 Å². The third-order valence-electron chi connectivity index (χ3n) is 4.44. The Labute approximate surface area is 123 Å². The maximum atomic E-state index is 12.1. The van der Waals surface area contributed by atoms with Crippen LogP contribution < -0.4 is 0 Å². The number of hydrogen-bond donors (Lipinski definition) is 1. The lowest BCUT2D eigenvalue weighted by Crippen LogP contribution is -2.45. The smallest absolute Gasteiger partial charge is 0.162 e. The predicted molar refractivity (Wildman–Crippen MR) is 81.5 cm³/mol. The van der Waals surface area contributed by atoms with Gasteiger partial charge in [-0.05, 0) is 44.9 Å². The van der Waals surface area contributed by atoms with Crippen molar-refractivity contribution in [2.75, 3.05) is 7.11 Å². The highest BCUT2D eigenvalue weighted by Crippen LogP contribution is 2.37. The first kappa shape index (κ1) is 17.4. The molecule has 0 bridgehead atoms. The van der Waals surface area contributed by atoms with Gasteiger partial charge >= 0.3 is 0 Å². The Kier molecular flexibility index (Phi) is 6.90. The van der Waals surface area contributed by atoms with E-state index in [1.807, 2.05) is 6.92 Å². The number of allylic oxidation sites excluding steroid dienone is 1. The Morgan fingerprint density at radius 3 is 2.60 bits per heavy atom. The van der Waals surface area contributed by atoms with E-state index in [1.54, 1.807) is 7.11 Å². The van der Waals surface area contributed by atoms with Gasteiger partial charge in [-0.1, -0.05) is 25.5 Å². The summed E-state index contributed by atoms with van der Waals surface area (Å²) in [4.78, 5) is 12.1. The number of carbonyl (C=O) groups is 1. The first-order chi connectivity index (χ1) is 9.38. The topological polar surface area (TPSA) is 46.5 Å². The number of hydrogen-bond acceptors (Lipinski definition) is 3. The first-order valence-electron chi connectivity index (χ1n) is 7.78. The average Bonchev–Trinajstić information content (AvgIpc) is 2.37. The van der Waals surface area contributed by atoms with Crippen LogP contribution in [-0.4, -0.2) is 30.2 Å². The quantitative estimate of drug-likeness (QED) is 0.760. The van der Waals surface area contributed by atoms with Crippen LogP contribution in [0.3, 0.4) is 0 Å². The van der Waals surface area contributed by atoms with E-state index in [4.69, 9.17) is 4.74 Å². The summed E-state index contributed by atoms with van der Waals surface area (Å²) < 4.78 is 5.44. The number of aliphatic hydroxyl groups excluding tert-OH is 1. The summed E-state index contributed by atoms with van der Waals surface area (Å²) in [5.41, 5.74) is 1.19. The van der Waals surface area contributed by atoms with Crippen molar-refractivity contribution < 1.29 is 14.6 Å². The van der Waals surface area contributed by atoms with Crippen molar-refractivity contribution in [3.8, 4) is 0 Å². The van der Waals surface area contributed by atoms with Crippen LogP contribution in [0, 0.1) is 17.8 Å². The third kappa shape index (κ3) is 4.42. The van der Waals surface area contributed by atoms with Crippen molar-refractivity contribution in [1.82, 2.24) is 0 Å². The van der Waals surface area contributed by atoms with Gasteiger partial charge < -0.3 is 9.84 Å². The standard InChI is InChI=1S/C17H30O3/c1-11(2)7-6-8-12(3)16-14(13(4)18)9-10-15(19)17(16)20-5/h8,11,13-14,16-18H,6-7,9-10H2,1-5H3/t13?,14-,16-,17-/m1/s1. The fraction of sp³-hybridized carbons (Fsp3) is 0.824. The average molecular weight is 282 g/mol. The van der Waals surface area contributed by atoms with Crippen LogP contribution in [0.5, 0.6) is 0 Å². The molecule has 0 aromatic heterocycles. The lowest BCUT2D eigenvalue weighted by molar-refractivity contribution is -0.138. The molecule has 0 heterocycles. The number of Topliss-reactive ketones (excluding diaryl/α,β-unsaturated/α-hetero) is 1. The van der Waals surface area contributed by atoms with Gasteiger partial charge in [0.2, 0.25) is 0 Å². The van der Waals surface area contributed by atoms with Crippen molar-refractivity contribution in [3.63, 3.8) is 0 Å². The number of aliphatic hydroxyl groups is 1. The monoisotopic (exact) mass is 282 g/mol. The minimum Gasteiger partial charge on any atom is -0.393 e. The number of rotatable bonds is 6. The van der Waals surface area contributed by atoms with Gasteiger partial charge in [-0.2, -0.15) is 0 Å². The molecule has 0 amide bonds. The van der Waals surface area contributed by atoms with Gasteiger partial charge in [0.1, 0.15) is 6.10 Å². The first-order valence-corrected chi connectivity index (χ1v) is 7.78. The minimum atomic E-state index is -0.404. The minimum absolute atomic E-state index is 0.0217. The highest BCUT2D eigenvalue weighted by molar-refractivity contribution is 5.84. The second-order valence-corrected chi connectivity index (χ2v) is 6.51. The summed E-state index contributed by atoms with van der Waals surface area (Å²) in [6, 6.07) is 0. The molecule has 0 saturated heterocycles. The molecule has 0 aromatic rings. The van der Waals surface area contributed by atoms with Gasteiger partial charge in [-0.15, -0.1) is 0 Å². The zero-order chi connectivity index (χ0) is 15.3. The van der Waals surface area contributed by atoms with E-state index in [0.29, 0.717) is 12.3 Å². The van der Waals surface area contributed by atoms with Crippen molar-refractivity contribution >= 4 is 5.78 Å². The van der Waals surface area contributed by atoms with Crippen molar-refractivity contribution in [2.24, 2.45) is 17.8 Å². The molecule has 0 radical (unpaired) electrons. The lowest BCUT2D eigenvalue weighted by Gasteiger charge is -2.38. The molecule has 0 aliphatic heterocycles. The van der Waals surface area contributed by atoms with E-state index in [2.05, 4.69) is 26.8 Å². The van der Waals surface area contributed by atoms with Crippen LogP contribution in [0.4, 0.5) is 0 Å². The zero-order valence-corrected chi connectivity index (χ0v) is 13.6. The predicted octanol–water partition coefficient (Wildman–Crippen LogP) is 3.36. The Bertz CT molecular complexity index is 344. The molecular formula is C17H30O3. The molecule has 3 nitrogen and oxygen atoms in total. The Balaban J connectivity index is 2.88. The number of ketones is 1. The zero-order valence-electron chi connectivity index (χ0n) is 13.6. The Hall–Kier alpha value is -0.670. The molecule has 1 N–H and O–H groups in total. The van der Waals surface area contributed by atoms with Gasteiger partial charge in [0.25, 0.3) is 0 Å². The normalized spacial score (nSPS) is 29.9. The third-order valence-corrected chi connectivity index (χ3v) is 4.44. The highest BCUT2D eigenvalue weighted by atomic mass is 16.5. The van der Waals surface area contributed by atoms with Crippen molar-refractivity contribution in [2.45, 2.75) is 65.6 Å². The highest BCUT2D eigenvalue weighted by Gasteiger charge is 2.41. The molecule has 20 heavy (non-hydrogen) atoms. The van der Waals surface area contributed by atoms with E-state index < -0.39 is 12.2 Å². The van der Waals surface area contributed by atoms with Crippen LogP contribution >= 0.6 is 0 Å². The van der Waals surface area contributed by atoms with Gasteiger partial charge in [-0.3, -0.25) is 4.79 Å². The summed E-state index contributed by atoms with van der Waals surface area (Å²) in [6.07, 6.45) is 4.88. The second kappa shape index (κ2) is 7.94. The molecule has 0 spiro atoms. The van der Waals surface area contributed by atoms with E-state index in [-0.39, 0.29) is 17.6 Å². The van der Waals surface area contributed by atoms with Crippen LogP contribution in [0.25, 0.3) is 0 Å². The molecule has 116 valence electrons. The van der Waals surface area contributed by atoms with Crippen LogP contribution in [0.1, 0.15) is 53.4 Å². The molecule has 1 rings (SSSR count). The fourth-order valence-electron chi connectivity index (χ4n) is 3.23. The maximum Gasteiger partial charge on any atom is 0.162 e. The largest absolute Gasteiger partial charge is 0.393 e. The van der Waals surface area contributed by atoms with Gasteiger partial charge in [0, 0.05) is 19.4 Å². The molecule has 1 aliphatic rings. The number of ether oxygens (including phenoxy) is 1. The molecule has 1 unspecified atom stereocenters. The van der Waals surface area contributed by atoms with Crippen molar-refractivity contribution in [1.29, 1.82) is 0 Å². The van der Waals surface area contributed by atoms with Crippen molar-refractivity contribution in [3.05, 3.63) is 11.6 Å². The molecule has 0 aromatic carbocycles. The van der Waals surface area contributed by atoms with Gasteiger partial charge in [0.05, 0.1) is 6.10 Å². The molecule has 1 fully saturated rings. The molecule has 1 saturated carbocycles. The van der Waals surface area contributed by atoms with E-state index in [9.17, 15) is 9.90 Å². The molecular weight excluding hydrogens is 252 g/mol. The summed E-state index contributed by atoms with van der Waals surface area (Å²) in [5.74, 6) is 0.991. The summed E-state index contributed by atoms with van der Waals surface area (Å²) in [7, 11) is 1.60. The SMILES string of the molecule is CO[C@@H]1C(=O)CC[C@H](C(C)O)[C@H]1C(C)=CCCC(C)C. The Morgan fingerprint density at radius 2 is 2.10 bits per heavy atom. The number of carbonyl (C=O) groups excluding carboxylic acids is 1. The molecule has 3 heteroatoms. The Morgan fingerprint density at radius 1 is 1.45 bits per heavy atom. The summed E-state index contributed by atoms with van der Waals surface area (Å²) in [5, 5.41) is 10.0. The fourth-order valence-corrected chi connectivity index (χ4v) is 3.23.